The molecule has 0 fully saturated rings. The van der Waals surface area contributed by atoms with E-state index in [1.807, 2.05) is 26.8 Å². The Morgan fingerprint density at radius 2 is 2.11 bits per heavy atom. The molecule has 1 aliphatic heterocycles. The number of aryl methyl sites for hydroxylation is 3. The summed E-state index contributed by atoms with van der Waals surface area (Å²) in [4.78, 5) is 17.5. The Morgan fingerprint density at radius 3 is 2.79 bits per heavy atom. The molecule has 0 unspecified atom stereocenters. The predicted molar refractivity (Wildman–Crippen MR) is 109 cm³/mol. The van der Waals surface area contributed by atoms with Crippen molar-refractivity contribution in [3.63, 3.8) is 0 Å². The Bertz CT molecular complexity index is 1050. The van der Waals surface area contributed by atoms with Gasteiger partial charge in [-0.3, -0.25) is 4.79 Å². The average molecular weight is 403 g/mol. The number of carbonyl (C=O) groups excluding carboxylic acids is 1. The fraction of sp³-hybridized carbons (Fsp3) is 0.350. The fourth-order valence-corrected chi connectivity index (χ4v) is 3.42. The van der Waals surface area contributed by atoms with Crippen LogP contribution in [0, 0.1) is 20.8 Å². The number of pyridine rings is 1. The molecule has 148 valence electrons. The quantitative estimate of drug-likeness (QED) is 0.649. The number of hydrogen-bond acceptors (Lipinski definition) is 6. The zero-order chi connectivity index (χ0) is 19.0. The van der Waals surface area contributed by atoms with Crippen molar-refractivity contribution in [2.45, 2.75) is 27.2 Å². The molecule has 0 aliphatic carbocycles. The van der Waals surface area contributed by atoms with Crippen LogP contribution in [0.2, 0.25) is 0 Å². The molecule has 7 nitrogen and oxygen atoms in total. The lowest BCUT2D eigenvalue weighted by Gasteiger charge is -2.15. The minimum atomic E-state index is -0.160. The van der Waals surface area contributed by atoms with Gasteiger partial charge in [-0.15, -0.1) is 12.4 Å². The fourth-order valence-electron chi connectivity index (χ4n) is 3.42. The maximum absolute atomic E-state index is 13.0. The van der Waals surface area contributed by atoms with Gasteiger partial charge in [0.15, 0.2) is 0 Å². The maximum atomic E-state index is 13.0. The van der Waals surface area contributed by atoms with E-state index in [1.165, 1.54) is 5.57 Å². The van der Waals surface area contributed by atoms with Gasteiger partial charge < -0.3 is 19.6 Å². The van der Waals surface area contributed by atoms with Crippen LogP contribution < -0.4 is 10.6 Å². The van der Waals surface area contributed by atoms with Gasteiger partial charge in [-0.05, 0) is 45.9 Å². The van der Waals surface area contributed by atoms with Crippen LogP contribution in [0.5, 0.6) is 0 Å². The van der Waals surface area contributed by atoms with Crippen molar-refractivity contribution in [2.75, 3.05) is 19.6 Å². The van der Waals surface area contributed by atoms with Crippen LogP contribution in [0.3, 0.4) is 0 Å². The van der Waals surface area contributed by atoms with Crippen LogP contribution in [0.1, 0.15) is 34.0 Å². The monoisotopic (exact) mass is 402 g/mol. The molecule has 0 bridgehead atoms. The largest absolute Gasteiger partial charge is 0.466 e. The Labute approximate surface area is 169 Å². The molecule has 0 radical (unpaired) electrons. The highest BCUT2D eigenvalue weighted by Gasteiger charge is 2.21. The van der Waals surface area contributed by atoms with Gasteiger partial charge in [-0.2, -0.15) is 0 Å². The third kappa shape index (κ3) is 3.81. The molecule has 4 rings (SSSR count). The Morgan fingerprint density at radius 1 is 1.29 bits per heavy atom. The summed E-state index contributed by atoms with van der Waals surface area (Å²) in [6.45, 7) is 7.89. The van der Waals surface area contributed by atoms with E-state index in [0.717, 1.165) is 36.6 Å². The summed E-state index contributed by atoms with van der Waals surface area (Å²) < 4.78 is 11.0. The number of furan rings is 1. The molecule has 2 N–H and O–H groups in total. The lowest BCUT2D eigenvalue weighted by molar-refractivity contribution is 0.0958. The van der Waals surface area contributed by atoms with E-state index in [-0.39, 0.29) is 18.3 Å². The molecule has 0 spiro atoms. The minimum Gasteiger partial charge on any atom is -0.466 e. The summed E-state index contributed by atoms with van der Waals surface area (Å²) in [5, 5.41) is 10.9. The lowest BCUT2D eigenvalue weighted by atomic mass is 10.0. The summed E-state index contributed by atoms with van der Waals surface area (Å²) in [5.74, 6) is 1.39. The average Bonchev–Trinajstić information content (AvgIpc) is 3.21. The first kappa shape index (κ1) is 20.1. The topological polar surface area (TPSA) is 93.2 Å². The number of rotatable bonds is 4. The van der Waals surface area contributed by atoms with E-state index in [2.05, 4.69) is 26.9 Å². The molecule has 1 aliphatic rings. The molecule has 0 saturated carbocycles. The summed E-state index contributed by atoms with van der Waals surface area (Å²) in [6, 6.07) is 3.70. The van der Waals surface area contributed by atoms with Gasteiger partial charge in [-0.1, -0.05) is 16.8 Å². The standard InChI is InChI=1S/C20H22N4O3.ClH/c1-11-8-15(13(3)26-11)17-9-16(18-12(2)24-27-20(18)23-17)19(25)22-10-14-4-6-21-7-5-14;/h4,8-9,21H,5-7,10H2,1-3H3,(H,22,25);1H. The lowest BCUT2D eigenvalue weighted by Crippen LogP contribution is -2.29. The van der Waals surface area contributed by atoms with E-state index in [9.17, 15) is 4.79 Å². The minimum absolute atomic E-state index is 0. The third-order valence-corrected chi connectivity index (χ3v) is 4.81. The molecule has 0 saturated heterocycles. The van der Waals surface area contributed by atoms with Crippen LogP contribution in [0.15, 0.2) is 32.7 Å². The zero-order valence-electron chi connectivity index (χ0n) is 16.1. The van der Waals surface area contributed by atoms with Gasteiger partial charge in [0.1, 0.15) is 11.5 Å². The van der Waals surface area contributed by atoms with E-state index >= 15 is 0 Å². The van der Waals surface area contributed by atoms with Crippen LogP contribution in [-0.2, 0) is 0 Å². The smallest absolute Gasteiger partial charge is 0.259 e. The zero-order valence-corrected chi connectivity index (χ0v) is 16.9. The number of hydrogen-bond donors (Lipinski definition) is 2. The second-order valence-electron chi connectivity index (χ2n) is 6.83. The summed E-state index contributed by atoms with van der Waals surface area (Å²) in [5.41, 5.74) is 4.24. The second kappa shape index (κ2) is 8.16. The first-order valence-electron chi connectivity index (χ1n) is 9.04. The molecule has 3 aromatic rings. The predicted octanol–water partition coefficient (Wildman–Crippen LogP) is 3.48. The number of halogens is 1. The van der Waals surface area contributed by atoms with E-state index in [1.54, 1.807) is 6.07 Å². The first-order valence-corrected chi connectivity index (χ1v) is 9.04. The highest BCUT2D eigenvalue weighted by molar-refractivity contribution is 6.07. The van der Waals surface area contributed by atoms with Crippen LogP contribution >= 0.6 is 12.4 Å². The van der Waals surface area contributed by atoms with Gasteiger partial charge in [0.25, 0.3) is 11.6 Å². The molecular weight excluding hydrogens is 380 g/mol. The SMILES string of the molecule is Cc1cc(-c2cc(C(=O)NCC3=CCNCC3)c3c(C)noc3n2)c(C)o1.Cl. The number of amides is 1. The maximum Gasteiger partial charge on any atom is 0.259 e. The number of nitrogens with zero attached hydrogens (tertiary/aromatic N) is 2. The molecule has 8 heteroatoms. The third-order valence-electron chi connectivity index (χ3n) is 4.81. The van der Waals surface area contributed by atoms with Crippen LogP contribution in [0.4, 0.5) is 0 Å². The van der Waals surface area contributed by atoms with Crippen molar-refractivity contribution < 1.29 is 13.7 Å². The van der Waals surface area contributed by atoms with Crippen molar-refractivity contribution in [3.05, 3.63) is 46.6 Å². The van der Waals surface area contributed by atoms with Gasteiger partial charge in [-0.25, -0.2) is 4.98 Å². The molecule has 3 aromatic heterocycles. The number of carbonyl (C=O) groups is 1. The molecular formula is C20H23ClN4O3. The van der Waals surface area contributed by atoms with E-state index in [0.29, 0.717) is 34.6 Å². The Kier molecular flexibility index (Phi) is 5.86. The first-order chi connectivity index (χ1) is 13.0. The van der Waals surface area contributed by atoms with E-state index < -0.39 is 0 Å². The summed E-state index contributed by atoms with van der Waals surface area (Å²) >= 11 is 0. The molecule has 1 amide bonds. The van der Waals surface area contributed by atoms with Crippen molar-refractivity contribution in [2.24, 2.45) is 0 Å². The van der Waals surface area contributed by atoms with Crippen molar-refractivity contribution in [1.82, 2.24) is 20.8 Å². The second-order valence-corrected chi connectivity index (χ2v) is 6.83. The highest BCUT2D eigenvalue weighted by Crippen LogP contribution is 2.30. The van der Waals surface area contributed by atoms with Crippen molar-refractivity contribution in [1.29, 1.82) is 0 Å². The van der Waals surface area contributed by atoms with Gasteiger partial charge >= 0.3 is 0 Å². The molecule has 4 heterocycles. The normalized spacial score (nSPS) is 13.9. The van der Waals surface area contributed by atoms with Gasteiger partial charge in [0, 0.05) is 18.7 Å². The molecule has 0 atom stereocenters. The number of aromatic nitrogens is 2. The van der Waals surface area contributed by atoms with Crippen molar-refractivity contribution >= 4 is 29.4 Å². The van der Waals surface area contributed by atoms with Crippen LogP contribution in [-0.4, -0.2) is 35.7 Å². The van der Waals surface area contributed by atoms with Crippen molar-refractivity contribution in [3.8, 4) is 11.3 Å². The van der Waals surface area contributed by atoms with Gasteiger partial charge in [0.2, 0.25) is 0 Å². The summed E-state index contributed by atoms with van der Waals surface area (Å²) in [7, 11) is 0. The Hall–Kier alpha value is -2.64. The molecule has 0 aromatic carbocycles. The van der Waals surface area contributed by atoms with Crippen LogP contribution in [0.25, 0.3) is 22.4 Å². The number of nitrogens with one attached hydrogen (secondary N) is 2. The Balaban J connectivity index is 0.00000225. The molecule has 28 heavy (non-hydrogen) atoms. The van der Waals surface area contributed by atoms with E-state index in [4.69, 9.17) is 8.94 Å². The number of fused-ring (bicyclic) bond motifs is 1. The van der Waals surface area contributed by atoms with Gasteiger partial charge in [0.05, 0.1) is 22.3 Å². The highest BCUT2D eigenvalue weighted by atomic mass is 35.5. The summed E-state index contributed by atoms with van der Waals surface area (Å²) in [6.07, 6.45) is 3.07.